The van der Waals surface area contributed by atoms with Crippen LogP contribution in [0.3, 0.4) is 0 Å². The van der Waals surface area contributed by atoms with Crippen molar-refractivity contribution >= 4 is 17.6 Å². The molecule has 2 N–H and O–H groups in total. The molecule has 0 amide bonds. The van der Waals surface area contributed by atoms with Gasteiger partial charge >= 0.3 is 0 Å². The first kappa shape index (κ1) is 10.9. The lowest BCUT2D eigenvalue weighted by Gasteiger charge is -2.01. The van der Waals surface area contributed by atoms with Crippen LogP contribution < -0.4 is 5.73 Å². The van der Waals surface area contributed by atoms with Crippen LogP contribution in [0.1, 0.15) is 11.3 Å². The molecule has 82 valence electrons. The van der Waals surface area contributed by atoms with Crippen LogP contribution in [0.2, 0.25) is 0 Å². The van der Waals surface area contributed by atoms with Crippen molar-refractivity contribution in [3.8, 4) is 0 Å². The molecule has 0 atom stereocenters. The lowest BCUT2D eigenvalue weighted by Crippen LogP contribution is -1.92. The summed E-state index contributed by atoms with van der Waals surface area (Å²) in [5.74, 6) is 1.35. The van der Waals surface area contributed by atoms with Gasteiger partial charge in [-0.25, -0.2) is 15.0 Å². The predicted molar refractivity (Wildman–Crippen MR) is 65.0 cm³/mol. The van der Waals surface area contributed by atoms with Gasteiger partial charge in [-0.3, -0.25) is 0 Å². The lowest BCUT2D eigenvalue weighted by atomic mass is 10.3. The molecule has 0 aliphatic rings. The van der Waals surface area contributed by atoms with Crippen LogP contribution in [-0.2, 0) is 5.75 Å². The number of aryl methyl sites for hydroxylation is 1. The number of hydrogen-bond acceptors (Lipinski definition) is 5. The lowest BCUT2D eigenvalue weighted by molar-refractivity contribution is 0.932. The molecule has 5 heteroatoms. The molecule has 2 aromatic rings. The zero-order chi connectivity index (χ0) is 11.4. The van der Waals surface area contributed by atoms with Gasteiger partial charge in [0.25, 0.3) is 0 Å². The standard InChI is InChI=1S/C11H12N4S/c1-8-2-4-14-11(15-8)16-7-9-3-5-13-10(12)6-9/h2-6H,7H2,1H3,(H2,12,13). The molecule has 2 heterocycles. The van der Waals surface area contributed by atoms with Crippen LogP contribution in [0.15, 0.2) is 35.7 Å². The fourth-order valence-electron chi connectivity index (χ4n) is 1.23. The number of rotatable bonds is 3. The molecular weight excluding hydrogens is 220 g/mol. The Balaban J connectivity index is 2.02. The maximum Gasteiger partial charge on any atom is 0.188 e. The van der Waals surface area contributed by atoms with Crippen molar-refractivity contribution in [2.24, 2.45) is 0 Å². The first-order chi connectivity index (χ1) is 7.74. The largest absolute Gasteiger partial charge is 0.384 e. The quantitative estimate of drug-likeness (QED) is 0.648. The Labute approximate surface area is 98.3 Å². The Morgan fingerprint density at radius 1 is 1.25 bits per heavy atom. The number of nitrogen functional groups attached to an aromatic ring is 1. The molecule has 0 spiro atoms. The van der Waals surface area contributed by atoms with E-state index < -0.39 is 0 Å². The highest BCUT2D eigenvalue weighted by molar-refractivity contribution is 7.98. The minimum absolute atomic E-state index is 0.545. The highest BCUT2D eigenvalue weighted by Gasteiger charge is 2.00. The molecule has 2 rings (SSSR count). The smallest absolute Gasteiger partial charge is 0.188 e. The summed E-state index contributed by atoms with van der Waals surface area (Å²) in [4.78, 5) is 12.4. The zero-order valence-electron chi connectivity index (χ0n) is 8.92. The topological polar surface area (TPSA) is 64.7 Å². The van der Waals surface area contributed by atoms with Gasteiger partial charge in [-0.1, -0.05) is 11.8 Å². The van der Waals surface area contributed by atoms with Gasteiger partial charge in [-0.15, -0.1) is 0 Å². The summed E-state index contributed by atoms with van der Waals surface area (Å²) in [6.07, 6.45) is 3.48. The first-order valence-electron chi connectivity index (χ1n) is 4.87. The second kappa shape index (κ2) is 4.94. The molecule has 4 nitrogen and oxygen atoms in total. The second-order valence-electron chi connectivity index (χ2n) is 3.36. The van der Waals surface area contributed by atoms with Gasteiger partial charge in [0.1, 0.15) is 5.82 Å². The highest BCUT2D eigenvalue weighted by atomic mass is 32.2. The fraction of sp³-hybridized carbons (Fsp3) is 0.182. The fourth-order valence-corrected chi connectivity index (χ4v) is 2.05. The molecule has 0 bridgehead atoms. The number of aromatic nitrogens is 3. The second-order valence-corrected chi connectivity index (χ2v) is 4.30. The Morgan fingerprint density at radius 2 is 2.06 bits per heavy atom. The summed E-state index contributed by atoms with van der Waals surface area (Å²) in [5, 5.41) is 0.787. The van der Waals surface area contributed by atoms with Gasteiger partial charge in [-0.05, 0) is 30.7 Å². The average molecular weight is 232 g/mol. The molecule has 16 heavy (non-hydrogen) atoms. The summed E-state index contributed by atoms with van der Waals surface area (Å²) >= 11 is 1.59. The van der Waals surface area contributed by atoms with E-state index in [1.54, 1.807) is 24.2 Å². The van der Waals surface area contributed by atoms with Crippen molar-refractivity contribution in [2.45, 2.75) is 17.8 Å². The van der Waals surface area contributed by atoms with E-state index in [1.165, 1.54) is 0 Å². The maximum atomic E-state index is 5.60. The molecule has 0 saturated heterocycles. The molecular formula is C11H12N4S. The average Bonchev–Trinajstić information content (AvgIpc) is 2.27. The Kier molecular flexibility index (Phi) is 3.36. The van der Waals surface area contributed by atoms with Crippen LogP contribution in [0, 0.1) is 6.92 Å². The van der Waals surface area contributed by atoms with Crippen molar-refractivity contribution in [1.82, 2.24) is 15.0 Å². The van der Waals surface area contributed by atoms with E-state index in [-0.39, 0.29) is 0 Å². The van der Waals surface area contributed by atoms with Crippen molar-refractivity contribution in [1.29, 1.82) is 0 Å². The van der Waals surface area contributed by atoms with Gasteiger partial charge < -0.3 is 5.73 Å². The summed E-state index contributed by atoms with van der Waals surface area (Å²) in [6, 6.07) is 5.69. The number of hydrogen-bond donors (Lipinski definition) is 1. The normalized spacial score (nSPS) is 10.3. The zero-order valence-corrected chi connectivity index (χ0v) is 9.74. The summed E-state index contributed by atoms with van der Waals surface area (Å²) in [5.41, 5.74) is 7.71. The number of nitrogens with zero attached hydrogens (tertiary/aromatic N) is 3. The van der Waals surface area contributed by atoms with Gasteiger partial charge in [0.2, 0.25) is 0 Å². The van der Waals surface area contributed by atoms with Crippen LogP contribution in [-0.4, -0.2) is 15.0 Å². The molecule has 0 radical (unpaired) electrons. The number of thioether (sulfide) groups is 1. The van der Waals surface area contributed by atoms with Crippen molar-refractivity contribution < 1.29 is 0 Å². The molecule has 2 aromatic heterocycles. The van der Waals surface area contributed by atoms with E-state index in [2.05, 4.69) is 15.0 Å². The van der Waals surface area contributed by atoms with Gasteiger partial charge in [-0.2, -0.15) is 0 Å². The number of nitrogens with two attached hydrogens (primary N) is 1. The minimum atomic E-state index is 0.545. The number of pyridine rings is 1. The van der Waals surface area contributed by atoms with Gasteiger partial charge in [0, 0.05) is 23.8 Å². The molecule has 0 aliphatic carbocycles. The SMILES string of the molecule is Cc1ccnc(SCc2ccnc(N)c2)n1. The van der Waals surface area contributed by atoms with Crippen LogP contribution >= 0.6 is 11.8 Å². The van der Waals surface area contributed by atoms with E-state index in [0.29, 0.717) is 5.82 Å². The predicted octanol–water partition coefficient (Wildman–Crippen LogP) is 2.05. The van der Waals surface area contributed by atoms with E-state index in [9.17, 15) is 0 Å². The molecule has 0 unspecified atom stereocenters. The molecule has 0 fully saturated rings. The molecule has 0 aromatic carbocycles. The van der Waals surface area contributed by atoms with Crippen molar-refractivity contribution in [3.05, 3.63) is 41.9 Å². The van der Waals surface area contributed by atoms with Crippen molar-refractivity contribution in [3.63, 3.8) is 0 Å². The third-order valence-electron chi connectivity index (χ3n) is 1.99. The van der Waals surface area contributed by atoms with E-state index >= 15 is 0 Å². The highest BCUT2D eigenvalue weighted by Crippen LogP contribution is 2.19. The summed E-state index contributed by atoms with van der Waals surface area (Å²) < 4.78 is 0. The van der Waals surface area contributed by atoms with Crippen LogP contribution in [0.4, 0.5) is 5.82 Å². The monoisotopic (exact) mass is 232 g/mol. The van der Waals surface area contributed by atoms with Crippen LogP contribution in [0.25, 0.3) is 0 Å². The maximum absolute atomic E-state index is 5.60. The summed E-state index contributed by atoms with van der Waals surface area (Å²) in [6.45, 7) is 1.95. The van der Waals surface area contributed by atoms with Gasteiger partial charge in [0.05, 0.1) is 0 Å². The third-order valence-corrected chi connectivity index (χ3v) is 2.92. The molecule has 0 saturated carbocycles. The Morgan fingerprint density at radius 3 is 2.81 bits per heavy atom. The Hall–Kier alpha value is -1.62. The van der Waals surface area contributed by atoms with Crippen molar-refractivity contribution in [2.75, 3.05) is 5.73 Å². The third kappa shape index (κ3) is 2.93. The first-order valence-corrected chi connectivity index (χ1v) is 5.85. The van der Waals surface area contributed by atoms with E-state index in [0.717, 1.165) is 22.2 Å². The number of anilines is 1. The van der Waals surface area contributed by atoms with E-state index in [1.807, 2.05) is 25.1 Å². The van der Waals surface area contributed by atoms with E-state index in [4.69, 9.17) is 5.73 Å². The summed E-state index contributed by atoms with van der Waals surface area (Å²) in [7, 11) is 0. The van der Waals surface area contributed by atoms with Crippen LogP contribution in [0.5, 0.6) is 0 Å². The Bertz CT molecular complexity index is 441. The van der Waals surface area contributed by atoms with Gasteiger partial charge in [0.15, 0.2) is 5.16 Å². The minimum Gasteiger partial charge on any atom is -0.384 e. The molecule has 0 aliphatic heterocycles.